The van der Waals surface area contributed by atoms with E-state index in [0.717, 1.165) is 17.7 Å². The molecule has 0 atom stereocenters. The molecule has 1 N–H and O–H groups in total. The minimum atomic E-state index is -0.403. The second kappa shape index (κ2) is 7.92. The zero-order chi connectivity index (χ0) is 16.8. The molecule has 122 valence electrons. The Balaban J connectivity index is 2.22. The van der Waals surface area contributed by atoms with Crippen molar-refractivity contribution in [2.24, 2.45) is 0 Å². The number of benzene rings is 1. The van der Waals surface area contributed by atoms with Crippen LogP contribution >= 0.6 is 11.3 Å². The summed E-state index contributed by atoms with van der Waals surface area (Å²) < 4.78 is 5.06. The Labute approximate surface area is 140 Å². The van der Waals surface area contributed by atoms with Crippen LogP contribution in [0.25, 0.3) is 0 Å². The molecule has 4 nitrogen and oxygen atoms in total. The van der Waals surface area contributed by atoms with Crippen LogP contribution in [0.5, 0.6) is 0 Å². The van der Waals surface area contributed by atoms with Crippen molar-refractivity contribution in [1.82, 2.24) is 0 Å². The molecule has 0 aliphatic heterocycles. The average molecular weight is 331 g/mol. The molecule has 0 fully saturated rings. The minimum Gasteiger partial charge on any atom is -0.462 e. The number of carbonyl (C=O) groups is 2. The van der Waals surface area contributed by atoms with Crippen molar-refractivity contribution < 1.29 is 14.3 Å². The third-order valence-electron chi connectivity index (χ3n) is 3.48. The highest BCUT2D eigenvalue weighted by Gasteiger charge is 2.19. The molecular formula is C18H21NO3S. The van der Waals surface area contributed by atoms with Crippen molar-refractivity contribution in [3.63, 3.8) is 0 Å². The van der Waals surface area contributed by atoms with Crippen molar-refractivity contribution in [1.29, 1.82) is 0 Å². The lowest BCUT2D eigenvalue weighted by atomic mass is 10.1. The van der Waals surface area contributed by atoms with Gasteiger partial charge in [-0.15, -0.1) is 11.3 Å². The van der Waals surface area contributed by atoms with E-state index >= 15 is 0 Å². The summed E-state index contributed by atoms with van der Waals surface area (Å²) in [6.45, 7) is 6.15. The normalized spacial score (nSPS) is 10.4. The largest absolute Gasteiger partial charge is 0.462 e. The maximum atomic E-state index is 12.4. The van der Waals surface area contributed by atoms with Crippen LogP contribution in [0.2, 0.25) is 0 Å². The zero-order valence-electron chi connectivity index (χ0n) is 13.6. The van der Waals surface area contributed by atoms with Gasteiger partial charge in [-0.05, 0) is 43.5 Å². The van der Waals surface area contributed by atoms with Crippen molar-refractivity contribution in [3.05, 3.63) is 51.9 Å². The lowest BCUT2D eigenvalue weighted by molar-refractivity contribution is 0.0528. The number of aryl methyl sites for hydroxylation is 2. The fraction of sp³-hybridized carbons (Fsp3) is 0.333. The Hall–Kier alpha value is -2.14. The third-order valence-corrected chi connectivity index (χ3v) is 4.67. The van der Waals surface area contributed by atoms with E-state index in [2.05, 4.69) is 12.2 Å². The van der Waals surface area contributed by atoms with E-state index < -0.39 is 5.97 Å². The van der Waals surface area contributed by atoms with Gasteiger partial charge in [0.25, 0.3) is 5.91 Å². The molecule has 1 heterocycles. The van der Waals surface area contributed by atoms with Crippen LogP contribution in [0.15, 0.2) is 30.3 Å². The van der Waals surface area contributed by atoms with Crippen molar-refractivity contribution >= 4 is 28.2 Å². The number of ether oxygens (including phenoxy) is 1. The van der Waals surface area contributed by atoms with Gasteiger partial charge in [-0.2, -0.15) is 0 Å². The second-order valence-corrected chi connectivity index (χ2v) is 6.17. The Morgan fingerprint density at radius 3 is 2.35 bits per heavy atom. The van der Waals surface area contributed by atoms with E-state index in [1.54, 1.807) is 25.1 Å². The molecule has 2 rings (SSSR count). The standard InChI is InChI=1S/C18H21NO3S/c1-4-12-7-9-13(10-8-12)16(20)19-17-15(18(21)22-6-3)11-14(5-2)23-17/h7-11H,4-6H2,1-3H3,(H,19,20). The molecule has 0 aliphatic carbocycles. The molecule has 0 aliphatic rings. The van der Waals surface area contributed by atoms with Gasteiger partial charge in [0.1, 0.15) is 5.00 Å². The van der Waals surface area contributed by atoms with Gasteiger partial charge < -0.3 is 10.1 Å². The first-order valence-corrected chi connectivity index (χ1v) is 8.60. The molecule has 1 aromatic carbocycles. The van der Waals surface area contributed by atoms with Crippen molar-refractivity contribution in [2.75, 3.05) is 11.9 Å². The summed E-state index contributed by atoms with van der Waals surface area (Å²) in [6, 6.07) is 9.26. The molecule has 0 radical (unpaired) electrons. The summed E-state index contributed by atoms with van der Waals surface area (Å²) in [5.41, 5.74) is 2.17. The number of amides is 1. The van der Waals surface area contributed by atoms with Gasteiger partial charge in [0.15, 0.2) is 0 Å². The van der Waals surface area contributed by atoms with E-state index in [9.17, 15) is 9.59 Å². The Morgan fingerprint density at radius 2 is 1.78 bits per heavy atom. The number of hydrogen-bond donors (Lipinski definition) is 1. The van der Waals surface area contributed by atoms with Gasteiger partial charge in [-0.3, -0.25) is 4.79 Å². The summed E-state index contributed by atoms with van der Waals surface area (Å²) in [5, 5.41) is 3.38. The number of thiophene rings is 1. The van der Waals surface area contributed by atoms with Crippen LogP contribution in [-0.2, 0) is 17.6 Å². The SMILES string of the molecule is CCOC(=O)c1cc(CC)sc1NC(=O)c1ccc(CC)cc1. The average Bonchev–Trinajstić information content (AvgIpc) is 2.98. The predicted molar refractivity (Wildman–Crippen MR) is 93.4 cm³/mol. The first kappa shape index (κ1) is 17.2. The van der Waals surface area contributed by atoms with E-state index in [-0.39, 0.29) is 5.91 Å². The van der Waals surface area contributed by atoms with Gasteiger partial charge >= 0.3 is 5.97 Å². The molecule has 0 bridgehead atoms. The quantitative estimate of drug-likeness (QED) is 0.803. The van der Waals surface area contributed by atoms with Crippen LogP contribution in [0.4, 0.5) is 5.00 Å². The number of anilines is 1. The van der Waals surface area contributed by atoms with Crippen molar-refractivity contribution in [3.8, 4) is 0 Å². The topological polar surface area (TPSA) is 55.4 Å². The number of esters is 1. The maximum absolute atomic E-state index is 12.4. The van der Waals surface area contributed by atoms with Crippen LogP contribution in [0.3, 0.4) is 0 Å². The fourth-order valence-electron chi connectivity index (χ4n) is 2.14. The molecule has 5 heteroatoms. The van der Waals surface area contributed by atoms with Crippen LogP contribution in [0.1, 0.15) is 51.9 Å². The van der Waals surface area contributed by atoms with E-state index in [4.69, 9.17) is 4.74 Å². The number of hydrogen-bond acceptors (Lipinski definition) is 4. The van der Waals surface area contributed by atoms with Gasteiger partial charge in [0, 0.05) is 10.4 Å². The summed E-state index contributed by atoms with van der Waals surface area (Å²) in [6.07, 6.45) is 1.73. The van der Waals surface area contributed by atoms with Gasteiger partial charge in [-0.25, -0.2) is 4.79 Å². The number of carbonyl (C=O) groups excluding carboxylic acids is 2. The minimum absolute atomic E-state index is 0.220. The van der Waals surface area contributed by atoms with E-state index in [1.807, 2.05) is 19.1 Å². The molecule has 23 heavy (non-hydrogen) atoms. The lowest BCUT2D eigenvalue weighted by Gasteiger charge is -2.06. The Kier molecular flexibility index (Phi) is 5.93. The van der Waals surface area contributed by atoms with Crippen molar-refractivity contribution in [2.45, 2.75) is 33.6 Å². The number of nitrogens with one attached hydrogen (secondary N) is 1. The molecule has 2 aromatic rings. The molecule has 0 unspecified atom stereocenters. The zero-order valence-corrected chi connectivity index (χ0v) is 14.5. The highest BCUT2D eigenvalue weighted by Crippen LogP contribution is 2.29. The second-order valence-electron chi connectivity index (χ2n) is 5.03. The summed E-state index contributed by atoms with van der Waals surface area (Å²) in [7, 11) is 0. The molecule has 0 saturated carbocycles. The monoisotopic (exact) mass is 331 g/mol. The first-order chi connectivity index (χ1) is 11.1. The summed E-state index contributed by atoms with van der Waals surface area (Å²) in [5.74, 6) is -0.622. The predicted octanol–water partition coefficient (Wildman–Crippen LogP) is 4.30. The van der Waals surface area contributed by atoms with Gasteiger partial charge in [0.05, 0.1) is 12.2 Å². The fourth-order valence-corrected chi connectivity index (χ4v) is 3.12. The highest BCUT2D eigenvalue weighted by atomic mass is 32.1. The van der Waals surface area contributed by atoms with Crippen LogP contribution in [-0.4, -0.2) is 18.5 Å². The maximum Gasteiger partial charge on any atom is 0.341 e. The van der Waals surface area contributed by atoms with E-state index in [0.29, 0.717) is 22.7 Å². The molecule has 0 spiro atoms. The third kappa shape index (κ3) is 4.20. The molecule has 0 saturated heterocycles. The van der Waals surface area contributed by atoms with Crippen LogP contribution in [0, 0.1) is 0 Å². The van der Waals surface area contributed by atoms with Gasteiger partial charge in [-0.1, -0.05) is 26.0 Å². The molecular weight excluding hydrogens is 310 g/mol. The first-order valence-electron chi connectivity index (χ1n) is 7.79. The van der Waals surface area contributed by atoms with Gasteiger partial charge in [0.2, 0.25) is 0 Å². The number of rotatable bonds is 6. The molecule has 1 amide bonds. The summed E-state index contributed by atoms with van der Waals surface area (Å²) in [4.78, 5) is 25.4. The Bertz CT molecular complexity index is 689. The van der Waals surface area contributed by atoms with Crippen LogP contribution < -0.4 is 5.32 Å². The molecule has 1 aromatic heterocycles. The summed E-state index contributed by atoms with van der Waals surface area (Å²) >= 11 is 1.41. The smallest absolute Gasteiger partial charge is 0.341 e. The highest BCUT2D eigenvalue weighted by molar-refractivity contribution is 7.16. The van der Waals surface area contributed by atoms with E-state index in [1.165, 1.54) is 16.9 Å². The lowest BCUT2D eigenvalue weighted by Crippen LogP contribution is -2.14. The Morgan fingerprint density at radius 1 is 1.09 bits per heavy atom.